The molecule has 0 aromatic heterocycles. The Balaban J connectivity index is 2.74. The third-order valence-electron chi connectivity index (χ3n) is 3.25. The quantitative estimate of drug-likeness (QED) is 0.882. The summed E-state index contributed by atoms with van der Waals surface area (Å²) < 4.78 is 5.23. The van der Waals surface area contributed by atoms with E-state index in [4.69, 9.17) is 16.3 Å². The van der Waals surface area contributed by atoms with Gasteiger partial charge in [0.1, 0.15) is 5.60 Å². The monoisotopic (exact) mass is 309 g/mol. The number of amides is 1. The van der Waals surface area contributed by atoms with Gasteiger partial charge in [0.05, 0.1) is 0 Å². The van der Waals surface area contributed by atoms with Gasteiger partial charge in [-0.25, -0.2) is 4.79 Å². The standard InChI is InChI=1S/C17H24ClNO2/c1-16(2,3)21-15(20)19-12-14(11-18)17(4,5)13-9-7-6-8-10-13/h6-11H,12H2,1-5H3,(H,19,20)/b14-11-. The molecule has 1 N–H and O–H groups in total. The van der Waals surface area contributed by atoms with Crippen molar-refractivity contribution in [1.29, 1.82) is 0 Å². The maximum absolute atomic E-state index is 11.7. The number of hydrogen-bond donors (Lipinski definition) is 1. The molecule has 0 saturated carbocycles. The Kier molecular flexibility index (Phi) is 5.85. The van der Waals surface area contributed by atoms with Crippen molar-refractivity contribution >= 4 is 17.7 Å². The molecule has 4 heteroatoms. The van der Waals surface area contributed by atoms with E-state index in [0.29, 0.717) is 6.54 Å². The molecular weight excluding hydrogens is 286 g/mol. The zero-order chi connectivity index (χ0) is 16.1. The minimum Gasteiger partial charge on any atom is -0.444 e. The van der Waals surface area contributed by atoms with Gasteiger partial charge in [-0.05, 0) is 31.9 Å². The first-order valence-corrected chi connectivity index (χ1v) is 7.42. The maximum atomic E-state index is 11.7. The predicted molar refractivity (Wildman–Crippen MR) is 87.6 cm³/mol. The van der Waals surface area contributed by atoms with Crippen molar-refractivity contribution in [2.24, 2.45) is 0 Å². The summed E-state index contributed by atoms with van der Waals surface area (Å²) in [7, 11) is 0. The molecular formula is C17H24ClNO2. The Bertz CT molecular complexity index is 501. The average molecular weight is 310 g/mol. The van der Waals surface area contributed by atoms with Crippen LogP contribution >= 0.6 is 11.6 Å². The van der Waals surface area contributed by atoms with Crippen molar-refractivity contribution in [3.8, 4) is 0 Å². The molecule has 0 radical (unpaired) electrons. The lowest BCUT2D eigenvalue weighted by Crippen LogP contribution is -2.36. The number of ether oxygens (including phenoxy) is 1. The number of rotatable bonds is 4. The van der Waals surface area contributed by atoms with E-state index in [2.05, 4.69) is 19.2 Å². The van der Waals surface area contributed by atoms with Crippen LogP contribution in [0.4, 0.5) is 4.79 Å². The lowest BCUT2D eigenvalue weighted by Gasteiger charge is -2.29. The molecule has 0 bridgehead atoms. The van der Waals surface area contributed by atoms with Crippen LogP contribution < -0.4 is 5.32 Å². The molecule has 1 amide bonds. The largest absolute Gasteiger partial charge is 0.444 e. The molecule has 3 nitrogen and oxygen atoms in total. The summed E-state index contributed by atoms with van der Waals surface area (Å²) in [6, 6.07) is 10.1. The summed E-state index contributed by atoms with van der Waals surface area (Å²) in [5, 5.41) is 2.75. The van der Waals surface area contributed by atoms with Crippen molar-refractivity contribution in [2.45, 2.75) is 45.6 Å². The molecule has 0 atom stereocenters. The Labute approximate surface area is 132 Å². The molecule has 1 aromatic carbocycles. The Hall–Kier alpha value is -1.48. The van der Waals surface area contributed by atoms with Crippen LogP contribution in [-0.2, 0) is 10.2 Å². The zero-order valence-corrected chi connectivity index (χ0v) is 14.1. The summed E-state index contributed by atoms with van der Waals surface area (Å²) in [6.45, 7) is 10.00. The fourth-order valence-corrected chi connectivity index (χ4v) is 2.27. The van der Waals surface area contributed by atoms with Gasteiger partial charge in [-0.1, -0.05) is 55.8 Å². The zero-order valence-electron chi connectivity index (χ0n) is 13.4. The Morgan fingerprint density at radius 2 is 1.76 bits per heavy atom. The molecule has 1 rings (SSSR count). The minimum atomic E-state index is -0.510. The summed E-state index contributed by atoms with van der Waals surface area (Å²) in [6.07, 6.45) is -0.442. The first kappa shape index (κ1) is 17.6. The van der Waals surface area contributed by atoms with Crippen molar-refractivity contribution in [1.82, 2.24) is 5.32 Å². The molecule has 0 saturated heterocycles. The third-order valence-corrected chi connectivity index (χ3v) is 3.52. The van der Waals surface area contributed by atoms with Gasteiger partial charge in [0, 0.05) is 17.5 Å². The molecule has 0 fully saturated rings. The number of halogens is 1. The fourth-order valence-electron chi connectivity index (χ4n) is 1.92. The fraction of sp³-hybridized carbons (Fsp3) is 0.471. The van der Waals surface area contributed by atoms with Gasteiger partial charge in [-0.3, -0.25) is 0 Å². The van der Waals surface area contributed by atoms with Crippen LogP contribution in [0.3, 0.4) is 0 Å². The second-order valence-corrected chi connectivity index (χ2v) is 6.70. The van der Waals surface area contributed by atoms with E-state index < -0.39 is 11.7 Å². The smallest absolute Gasteiger partial charge is 0.407 e. The van der Waals surface area contributed by atoms with Gasteiger partial charge in [0.15, 0.2) is 0 Å². The number of carbonyl (C=O) groups excluding carboxylic acids is 1. The van der Waals surface area contributed by atoms with Crippen LogP contribution in [0, 0.1) is 0 Å². The Morgan fingerprint density at radius 1 is 1.19 bits per heavy atom. The first-order valence-electron chi connectivity index (χ1n) is 6.99. The van der Waals surface area contributed by atoms with Crippen molar-refractivity contribution < 1.29 is 9.53 Å². The van der Waals surface area contributed by atoms with Crippen LogP contribution in [0.1, 0.15) is 40.2 Å². The van der Waals surface area contributed by atoms with Crippen molar-refractivity contribution in [3.05, 3.63) is 47.0 Å². The van der Waals surface area contributed by atoms with Crippen LogP contribution in [-0.4, -0.2) is 18.2 Å². The number of alkyl carbamates (subject to hydrolysis) is 1. The van der Waals surface area contributed by atoms with E-state index in [-0.39, 0.29) is 5.41 Å². The minimum absolute atomic E-state index is 0.266. The van der Waals surface area contributed by atoms with E-state index in [1.807, 2.05) is 51.1 Å². The molecule has 0 aliphatic carbocycles. The number of benzene rings is 1. The van der Waals surface area contributed by atoms with Gasteiger partial charge < -0.3 is 10.1 Å². The highest BCUT2D eigenvalue weighted by atomic mass is 35.5. The second-order valence-electron chi connectivity index (χ2n) is 6.48. The van der Waals surface area contributed by atoms with Gasteiger partial charge in [-0.15, -0.1) is 0 Å². The van der Waals surface area contributed by atoms with Crippen LogP contribution in [0.2, 0.25) is 0 Å². The van der Waals surface area contributed by atoms with Crippen LogP contribution in [0.25, 0.3) is 0 Å². The van der Waals surface area contributed by atoms with Crippen molar-refractivity contribution in [3.63, 3.8) is 0 Å². The topological polar surface area (TPSA) is 38.3 Å². The molecule has 0 aliphatic heterocycles. The second kappa shape index (κ2) is 6.99. The molecule has 1 aromatic rings. The van der Waals surface area contributed by atoms with Gasteiger partial charge >= 0.3 is 6.09 Å². The summed E-state index contributed by atoms with van der Waals surface area (Å²) in [5.41, 5.74) is 2.82. The highest BCUT2D eigenvalue weighted by molar-refractivity contribution is 6.25. The maximum Gasteiger partial charge on any atom is 0.407 e. The number of carbonyl (C=O) groups is 1. The van der Waals surface area contributed by atoms with E-state index in [0.717, 1.165) is 11.1 Å². The molecule has 0 unspecified atom stereocenters. The molecule has 0 aliphatic rings. The molecule has 116 valence electrons. The van der Waals surface area contributed by atoms with E-state index in [1.165, 1.54) is 5.54 Å². The van der Waals surface area contributed by atoms with E-state index in [9.17, 15) is 4.79 Å². The highest BCUT2D eigenvalue weighted by Crippen LogP contribution is 2.31. The normalized spacial score (nSPS) is 13.0. The van der Waals surface area contributed by atoms with Gasteiger partial charge in [-0.2, -0.15) is 0 Å². The molecule has 0 heterocycles. The average Bonchev–Trinajstić information content (AvgIpc) is 2.38. The summed E-state index contributed by atoms with van der Waals surface area (Å²) >= 11 is 5.96. The third kappa shape index (κ3) is 5.43. The van der Waals surface area contributed by atoms with E-state index in [1.54, 1.807) is 0 Å². The van der Waals surface area contributed by atoms with Gasteiger partial charge in [0.2, 0.25) is 0 Å². The number of hydrogen-bond acceptors (Lipinski definition) is 2. The van der Waals surface area contributed by atoms with E-state index >= 15 is 0 Å². The van der Waals surface area contributed by atoms with Crippen LogP contribution in [0.5, 0.6) is 0 Å². The molecule has 21 heavy (non-hydrogen) atoms. The number of nitrogens with one attached hydrogen (secondary N) is 1. The lowest BCUT2D eigenvalue weighted by atomic mass is 9.78. The van der Waals surface area contributed by atoms with Gasteiger partial charge in [0.25, 0.3) is 0 Å². The van der Waals surface area contributed by atoms with Crippen LogP contribution in [0.15, 0.2) is 41.4 Å². The SMILES string of the molecule is CC(C)(C)OC(=O)NC/C(=C/Cl)C(C)(C)c1ccccc1. The lowest BCUT2D eigenvalue weighted by molar-refractivity contribution is 0.0531. The van der Waals surface area contributed by atoms with Crippen molar-refractivity contribution in [2.75, 3.05) is 6.54 Å². The highest BCUT2D eigenvalue weighted by Gasteiger charge is 2.26. The summed E-state index contributed by atoms with van der Waals surface area (Å²) in [4.78, 5) is 11.7. The molecule has 0 spiro atoms. The predicted octanol–water partition coefficient (Wildman–Crippen LogP) is 4.61. The first-order chi connectivity index (χ1) is 9.66. The Morgan fingerprint density at radius 3 is 2.24 bits per heavy atom. The summed E-state index contributed by atoms with van der Waals surface area (Å²) in [5.74, 6) is 0.